The number of aromatic nitrogens is 1. The van der Waals surface area contributed by atoms with Crippen molar-refractivity contribution in [2.75, 3.05) is 11.5 Å². The van der Waals surface area contributed by atoms with E-state index < -0.39 is 0 Å². The summed E-state index contributed by atoms with van der Waals surface area (Å²) in [6.45, 7) is 0. The van der Waals surface area contributed by atoms with Crippen molar-refractivity contribution in [3.63, 3.8) is 0 Å². The molecule has 4 N–H and O–H groups in total. The van der Waals surface area contributed by atoms with Gasteiger partial charge in [-0.3, -0.25) is 0 Å². The fourth-order valence-electron chi connectivity index (χ4n) is 1.14. The van der Waals surface area contributed by atoms with E-state index in [0.29, 0.717) is 20.8 Å². The average molecular weight is 226 g/mol. The first-order valence-corrected chi connectivity index (χ1v) is 5.14. The van der Waals surface area contributed by atoms with Crippen LogP contribution in [-0.2, 0) is 0 Å². The Balaban J connectivity index is 2.49. The lowest BCUT2D eigenvalue weighted by Crippen LogP contribution is -1.85. The first-order valence-electron chi connectivity index (χ1n) is 3.94. The monoisotopic (exact) mass is 225 g/mol. The molecule has 3 nitrogen and oxygen atoms in total. The predicted molar refractivity (Wildman–Crippen MR) is 61.4 cm³/mol. The van der Waals surface area contributed by atoms with Crippen LogP contribution in [0.25, 0.3) is 11.3 Å². The molecule has 0 amide bonds. The Morgan fingerprint density at radius 1 is 1.14 bits per heavy atom. The summed E-state index contributed by atoms with van der Waals surface area (Å²) in [6.07, 6.45) is 0. The van der Waals surface area contributed by atoms with E-state index >= 15 is 0 Å². The van der Waals surface area contributed by atoms with E-state index in [0.717, 1.165) is 5.56 Å². The Kier molecular flexibility index (Phi) is 2.31. The number of hydrogen-bond acceptors (Lipinski definition) is 4. The summed E-state index contributed by atoms with van der Waals surface area (Å²) in [5, 5.41) is 0.474. The molecule has 0 aliphatic carbocycles. The molecular formula is C9H8ClN3S. The lowest BCUT2D eigenvalue weighted by Gasteiger charge is -1.97. The number of anilines is 2. The van der Waals surface area contributed by atoms with Gasteiger partial charge < -0.3 is 11.5 Å². The molecule has 5 heteroatoms. The van der Waals surface area contributed by atoms with Gasteiger partial charge in [-0.1, -0.05) is 35.1 Å². The molecule has 2 rings (SSSR count). The number of nitrogen functional groups attached to an aromatic ring is 2. The van der Waals surface area contributed by atoms with Crippen LogP contribution in [0.15, 0.2) is 24.3 Å². The number of nitrogens with two attached hydrogens (primary N) is 2. The zero-order valence-corrected chi connectivity index (χ0v) is 8.77. The van der Waals surface area contributed by atoms with Gasteiger partial charge in [0.15, 0.2) is 5.13 Å². The van der Waals surface area contributed by atoms with Gasteiger partial charge in [0, 0.05) is 11.3 Å². The second-order valence-corrected chi connectivity index (χ2v) is 4.43. The molecule has 0 atom stereocenters. The van der Waals surface area contributed by atoms with Crippen LogP contribution in [0, 0.1) is 0 Å². The van der Waals surface area contributed by atoms with Crippen molar-refractivity contribution < 1.29 is 0 Å². The molecule has 0 radical (unpaired) electrons. The second-order valence-electron chi connectivity index (χ2n) is 2.80. The zero-order chi connectivity index (χ0) is 10.1. The van der Waals surface area contributed by atoms with E-state index in [1.54, 1.807) is 12.1 Å². The fraction of sp³-hybridized carbons (Fsp3) is 0. The molecule has 0 bridgehead atoms. The molecule has 2 aromatic rings. The summed E-state index contributed by atoms with van der Waals surface area (Å²) < 4.78 is 0.604. The van der Waals surface area contributed by atoms with E-state index in [2.05, 4.69) is 4.98 Å². The van der Waals surface area contributed by atoms with Crippen molar-refractivity contribution in [1.29, 1.82) is 0 Å². The lowest BCUT2D eigenvalue weighted by atomic mass is 10.1. The Bertz CT molecular complexity index is 450. The minimum atomic E-state index is 0.474. The van der Waals surface area contributed by atoms with Crippen molar-refractivity contribution in [2.24, 2.45) is 0 Å². The first-order chi connectivity index (χ1) is 6.66. The molecule has 0 saturated heterocycles. The van der Waals surface area contributed by atoms with Gasteiger partial charge in [0.25, 0.3) is 0 Å². The van der Waals surface area contributed by atoms with E-state index in [1.807, 2.05) is 12.1 Å². The normalized spacial score (nSPS) is 10.4. The van der Waals surface area contributed by atoms with Crippen molar-refractivity contribution in [2.45, 2.75) is 0 Å². The Labute approximate surface area is 90.3 Å². The molecule has 0 saturated carbocycles. The molecule has 14 heavy (non-hydrogen) atoms. The van der Waals surface area contributed by atoms with Crippen LogP contribution in [0.1, 0.15) is 0 Å². The lowest BCUT2D eigenvalue weighted by molar-refractivity contribution is 1.41. The topological polar surface area (TPSA) is 64.9 Å². The second kappa shape index (κ2) is 3.48. The predicted octanol–water partition coefficient (Wildman–Crippen LogP) is 2.63. The number of halogens is 1. The first kappa shape index (κ1) is 9.30. The summed E-state index contributed by atoms with van der Waals surface area (Å²) in [4.78, 5) is 4.13. The fourth-order valence-corrected chi connectivity index (χ4v) is 2.11. The minimum absolute atomic E-state index is 0.474. The van der Waals surface area contributed by atoms with Crippen molar-refractivity contribution >= 4 is 33.8 Å². The summed E-state index contributed by atoms with van der Waals surface area (Å²) in [6, 6.07) is 7.35. The molecule has 0 spiro atoms. The maximum atomic E-state index is 5.96. The van der Waals surface area contributed by atoms with Gasteiger partial charge in [-0.25, -0.2) is 4.98 Å². The molecule has 0 unspecified atom stereocenters. The molecule has 1 aromatic heterocycles. The summed E-state index contributed by atoms with van der Waals surface area (Å²) in [7, 11) is 0. The van der Waals surface area contributed by atoms with Gasteiger partial charge in [-0.05, 0) is 12.1 Å². The van der Waals surface area contributed by atoms with Crippen molar-refractivity contribution in [3.8, 4) is 11.3 Å². The molecule has 72 valence electrons. The highest BCUT2D eigenvalue weighted by molar-refractivity contribution is 7.19. The Hall–Kier alpha value is -1.26. The largest absolute Gasteiger partial charge is 0.399 e. The number of benzene rings is 1. The third kappa shape index (κ3) is 1.66. The third-order valence-corrected chi connectivity index (χ3v) is 2.87. The van der Waals surface area contributed by atoms with E-state index in [-0.39, 0.29) is 0 Å². The van der Waals surface area contributed by atoms with Crippen molar-refractivity contribution in [1.82, 2.24) is 4.98 Å². The van der Waals surface area contributed by atoms with Crippen LogP contribution in [0.5, 0.6) is 0 Å². The van der Waals surface area contributed by atoms with Crippen LogP contribution in [0.2, 0.25) is 4.34 Å². The molecule has 0 fully saturated rings. The van der Waals surface area contributed by atoms with E-state index in [4.69, 9.17) is 23.1 Å². The highest BCUT2D eigenvalue weighted by Crippen LogP contribution is 2.33. The van der Waals surface area contributed by atoms with Crippen molar-refractivity contribution in [3.05, 3.63) is 28.6 Å². The molecular weight excluding hydrogens is 218 g/mol. The molecule has 1 aromatic carbocycles. The maximum absolute atomic E-state index is 5.96. The molecule has 1 heterocycles. The summed E-state index contributed by atoms with van der Waals surface area (Å²) in [5.41, 5.74) is 13.5. The number of nitrogens with zero attached hydrogens (tertiary/aromatic N) is 1. The molecule has 0 aliphatic heterocycles. The number of hydrogen-bond donors (Lipinski definition) is 2. The van der Waals surface area contributed by atoms with E-state index in [1.165, 1.54) is 11.3 Å². The van der Waals surface area contributed by atoms with Gasteiger partial charge in [0.05, 0.1) is 0 Å². The van der Waals surface area contributed by atoms with Crippen LogP contribution in [-0.4, -0.2) is 4.98 Å². The molecule has 0 aliphatic rings. The number of rotatable bonds is 1. The highest BCUT2D eigenvalue weighted by atomic mass is 35.5. The van der Waals surface area contributed by atoms with Crippen LogP contribution >= 0.6 is 22.9 Å². The van der Waals surface area contributed by atoms with Gasteiger partial charge >= 0.3 is 0 Å². The quantitative estimate of drug-likeness (QED) is 0.734. The van der Waals surface area contributed by atoms with Gasteiger partial charge in [0.1, 0.15) is 10.0 Å². The van der Waals surface area contributed by atoms with Crippen LogP contribution < -0.4 is 11.5 Å². The minimum Gasteiger partial charge on any atom is -0.399 e. The van der Waals surface area contributed by atoms with Gasteiger partial charge in [-0.15, -0.1) is 0 Å². The standard InChI is InChI=1S/C9H8ClN3S/c10-8-7(13-9(12)14-8)5-1-3-6(11)4-2-5/h1-4H,11H2,(H2,12,13). The van der Waals surface area contributed by atoms with Gasteiger partial charge in [-0.2, -0.15) is 0 Å². The van der Waals surface area contributed by atoms with Crippen LogP contribution in [0.4, 0.5) is 10.8 Å². The average Bonchev–Trinajstić information content (AvgIpc) is 2.47. The van der Waals surface area contributed by atoms with E-state index in [9.17, 15) is 0 Å². The smallest absolute Gasteiger partial charge is 0.182 e. The zero-order valence-electron chi connectivity index (χ0n) is 7.20. The Morgan fingerprint density at radius 2 is 1.79 bits per heavy atom. The SMILES string of the molecule is Nc1ccc(-c2nc(N)sc2Cl)cc1. The number of thiazole rings is 1. The summed E-state index contributed by atoms with van der Waals surface area (Å²) >= 11 is 7.23. The summed E-state index contributed by atoms with van der Waals surface area (Å²) in [5.74, 6) is 0. The maximum Gasteiger partial charge on any atom is 0.182 e. The van der Waals surface area contributed by atoms with Gasteiger partial charge in [0.2, 0.25) is 0 Å². The Morgan fingerprint density at radius 3 is 2.29 bits per heavy atom. The van der Waals surface area contributed by atoms with Crippen LogP contribution in [0.3, 0.4) is 0 Å². The third-order valence-electron chi connectivity index (χ3n) is 1.79. The highest BCUT2D eigenvalue weighted by Gasteiger charge is 2.08.